The van der Waals surface area contributed by atoms with Gasteiger partial charge in [0.1, 0.15) is 23.4 Å². The Labute approximate surface area is 204 Å². The van der Waals surface area contributed by atoms with Gasteiger partial charge < -0.3 is 50.0 Å². The van der Waals surface area contributed by atoms with Crippen molar-refractivity contribution in [2.75, 3.05) is 0 Å². The normalized spacial score (nSPS) is 16.8. The van der Waals surface area contributed by atoms with Gasteiger partial charge in [-0.2, -0.15) is 0 Å². The molecule has 0 saturated carbocycles. The first kappa shape index (κ1) is 24.5. The fourth-order valence-corrected chi connectivity index (χ4v) is 3.90. The summed E-state index contributed by atoms with van der Waals surface area (Å²) < 4.78 is 16.8. The van der Waals surface area contributed by atoms with E-state index in [1.165, 1.54) is 6.07 Å². The van der Waals surface area contributed by atoms with Crippen molar-refractivity contribution in [1.82, 2.24) is 0 Å². The number of esters is 1. The average molecular weight is 500 g/mol. The zero-order chi connectivity index (χ0) is 26.3. The molecule has 11 heteroatoms. The molecule has 36 heavy (non-hydrogen) atoms. The predicted octanol–water partition coefficient (Wildman–Crippen LogP) is 3.31. The average Bonchev–Trinajstić information content (AvgIpc) is 2.79. The highest BCUT2D eigenvalue weighted by Crippen LogP contribution is 2.46. The molecule has 0 bridgehead atoms. The number of phenolic OH excluding ortho intramolecular Hbond substituents is 7. The van der Waals surface area contributed by atoms with E-state index in [4.69, 9.17) is 14.2 Å². The molecule has 0 spiro atoms. The van der Waals surface area contributed by atoms with E-state index in [0.29, 0.717) is 0 Å². The lowest BCUT2D eigenvalue weighted by molar-refractivity contribution is -0.0189. The van der Waals surface area contributed by atoms with Crippen LogP contribution >= 0.6 is 0 Å². The summed E-state index contributed by atoms with van der Waals surface area (Å²) in [5, 5.41) is 70.2. The van der Waals surface area contributed by atoms with E-state index < -0.39 is 46.9 Å². The van der Waals surface area contributed by atoms with E-state index in [0.717, 1.165) is 30.3 Å². The Bertz CT molecular complexity index is 1290. The van der Waals surface area contributed by atoms with Gasteiger partial charge in [0.05, 0.1) is 11.7 Å². The van der Waals surface area contributed by atoms with Crippen LogP contribution in [0.2, 0.25) is 0 Å². The zero-order valence-electron chi connectivity index (χ0n) is 19.2. The number of aromatic hydroxyl groups is 7. The topological polar surface area (TPSA) is 186 Å². The molecular weight excluding hydrogens is 476 g/mol. The summed E-state index contributed by atoms with van der Waals surface area (Å²) in [6.07, 6.45) is -2.78. The third kappa shape index (κ3) is 4.63. The van der Waals surface area contributed by atoms with Gasteiger partial charge in [0, 0.05) is 29.7 Å². The lowest BCUT2D eigenvalue weighted by Crippen LogP contribution is -2.34. The number of carbonyl (C=O) groups is 1. The van der Waals surface area contributed by atoms with Gasteiger partial charge in [-0.25, -0.2) is 4.79 Å². The minimum absolute atomic E-state index is 0.0716. The number of rotatable bonds is 5. The van der Waals surface area contributed by atoms with Crippen molar-refractivity contribution in [3.05, 3.63) is 53.1 Å². The largest absolute Gasteiger partial charge is 0.508 e. The summed E-state index contributed by atoms with van der Waals surface area (Å²) in [7, 11) is 0. The van der Waals surface area contributed by atoms with Gasteiger partial charge in [-0.05, 0) is 38.1 Å². The smallest absolute Gasteiger partial charge is 0.338 e. The van der Waals surface area contributed by atoms with E-state index >= 15 is 0 Å². The Kier molecular flexibility index (Phi) is 6.23. The van der Waals surface area contributed by atoms with Crippen LogP contribution < -0.4 is 9.47 Å². The third-order valence-electron chi connectivity index (χ3n) is 5.49. The second-order valence-corrected chi connectivity index (χ2v) is 8.55. The van der Waals surface area contributed by atoms with Crippen molar-refractivity contribution in [3.8, 4) is 51.7 Å². The molecule has 3 aromatic carbocycles. The fraction of sp³-hybridized carbons (Fsp3) is 0.240. The molecule has 1 heterocycles. The van der Waals surface area contributed by atoms with Crippen LogP contribution in [-0.4, -0.2) is 53.9 Å². The first-order valence-corrected chi connectivity index (χ1v) is 10.8. The summed E-state index contributed by atoms with van der Waals surface area (Å²) in [5.74, 6) is -4.73. The highest BCUT2D eigenvalue weighted by Gasteiger charge is 2.37. The molecule has 0 aromatic heterocycles. The highest BCUT2D eigenvalue weighted by atomic mass is 16.6. The van der Waals surface area contributed by atoms with Crippen LogP contribution in [0.15, 0.2) is 36.4 Å². The first-order valence-electron chi connectivity index (χ1n) is 10.8. The molecule has 1 aliphatic rings. The molecule has 0 aliphatic carbocycles. The number of benzene rings is 3. The van der Waals surface area contributed by atoms with Crippen molar-refractivity contribution < 1.29 is 54.8 Å². The molecule has 4 rings (SSSR count). The van der Waals surface area contributed by atoms with Crippen LogP contribution in [-0.2, 0) is 11.2 Å². The Balaban J connectivity index is 1.71. The molecule has 0 radical (unpaired) electrons. The maximum absolute atomic E-state index is 13.0. The van der Waals surface area contributed by atoms with Crippen LogP contribution in [0.4, 0.5) is 0 Å². The molecular formula is C25H24O11. The molecule has 0 amide bonds. The molecule has 11 nitrogen and oxygen atoms in total. The predicted molar refractivity (Wildman–Crippen MR) is 123 cm³/mol. The number of phenols is 7. The highest BCUT2D eigenvalue weighted by molar-refractivity contribution is 5.91. The van der Waals surface area contributed by atoms with Crippen molar-refractivity contribution in [2.45, 2.75) is 38.6 Å². The van der Waals surface area contributed by atoms with E-state index in [-0.39, 0.29) is 52.2 Å². The SMILES string of the molecule is CC(C)Oc1c(O)cc(C(=O)O[C@@H]2Cc3c(O)cc(O)cc3O[C@@H]2c2cc(O)c(O)c(O)c2)cc1O. The van der Waals surface area contributed by atoms with Crippen LogP contribution in [0, 0.1) is 0 Å². The minimum atomic E-state index is -1.16. The summed E-state index contributed by atoms with van der Waals surface area (Å²) in [5.41, 5.74) is 0.123. The molecule has 1 aliphatic heterocycles. The van der Waals surface area contributed by atoms with Crippen LogP contribution in [0.5, 0.6) is 51.7 Å². The van der Waals surface area contributed by atoms with Crippen LogP contribution in [0.1, 0.15) is 41.4 Å². The fourth-order valence-electron chi connectivity index (χ4n) is 3.90. The van der Waals surface area contributed by atoms with E-state index in [9.17, 15) is 40.5 Å². The van der Waals surface area contributed by atoms with Gasteiger partial charge in [-0.3, -0.25) is 0 Å². The number of fused-ring (bicyclic) bond motifs is 1. The molecule has 0 unspecified atom stereocenters. The third-order valence-corrected chi connectivity index (χ3v) is 5.49. The standard InChI is InChI=1S/C25H24O11/c1-10(2)34-24-18(30)5-12(6-19(24)31)25(33)36-21-9-14-15(27)7-13(26)8-20(14)35-23(21)11-3-16(28)22(32)17(29)4-11/h3-8,10,21,23,26-32H,9H2,1-2H3/t21-,23-/m1/s1. The van der Waals surface area contributed by atoms with Crippen molar-refractivity contribution in [2.24, 2.45) is 0 Å². The van der Waals surface area contributed by atoms with Crippen molar-refractivity contribution in [1.29, 1.82) is 0 Å². The minimum Gasteiger partial charge on any atom is -0.508 e. The second-order valence-electron chi connectivity index (χ2n) is 8.55. The maximum Gasteiger partial charge on any atom is 0.338 e. The summed E-state index contributed by atoms with van der Waals surface area (Å²) in [6.45, 7) is 3.38. The van der Waals surface area contributed by atoms with Gasteiger partial charge in [0.15, 0.2) is 34.9 Å². The van der Waals surface area contributed by atoms with Gasteiger partial charge in [0.25, 0.3) is 0 Å². The van der Waals surface area contributed by atoms with Crippen LogP contribution in [0.25, 0.3) is 0 Å². The Hall–Kier alpha value is -4.67. The van der Waals surface area contributed by atoms with Gasteiger partial charge in [-0.1, -0.05) is 0 Å². The van der Waals surface area contributed by atoms with E-state index in [2.05, 4.69) is 0 Å². The number of ether oxygens (including phenoxy) is 3. The van der Waals surface area contributed by atoms with Gasteiger partial charge >= 0.3 is 5.97 Å². The molecule has 7 N–H and O–H groups in total. The number of hydrogen-bond acceptors (Lipinski definition) is 11. The second kappa shape index (κ2) is 9.17. The van der Waals surface area contributed by atoms with E-state index in [1.54, 1.807) is 13.8 Å². The Morgan fingerprint density at radius 2 is 1.47 bits per heavy atom. The summed E-state index contributed by atoms with van der Waals surface area (Å²) in [6, 6.07) is 6.64. The summed E-state index contributed by atoms with van der Waals surface area (Å²) >= 11 is 0. The van der Waals surface area contributed by atoms with Crippen molar-refractivity contribution >= 4 is 5.97 Å². The van der Waals surface area contributed by atoms with Gasteiger partial charge in [0.2, 0.25) is 5.75 Å². The number of carbonyl (C=O) groups excluding carboxylic acids is 1. The lowest BCUT2D eigenvalue weighted by atomic mass is 9.93. The zero-order valence-corrected chi connectivity index (χ0v) is 19.2. The molecule has 0 saturated heterocycles. The summed E-state index contributed by atoms with van der Waals surface area (Å²) in [4.78, 5) is 13.0. The number of hydrogen-bond donors (Lipinski definition) is 7. The van der Waals surface area contributed by atoms with Gasteiger partial charge in [-0.15, -0.1) is 0 Å². The van der Waals surface area contributed by atoms with E-state index in [1.807, 2.05) is 0 Å². The quantitative estimate of drug-likeness (QED) is 0.201. The molecule has 0 fully saturated rings. The Morgan fingerprint density at radius 3 is 2.06 bits per heavy atom. The van der Waals surface area contributed by atoms with Crippen molar-refractivity contribution in [3.63, 3.8) is 0 Å². The lowest BCUT2D eigenvalue weighted by Gasteiger charge is -2.34. The van der Waals surface area contributed by atoms with Crippen LogP contribution in [0.3, 0.4) is 0 Å². The maximum atomic E-state index is 13.0. The Morgan fingerprint density at radius 1 is 0.861 bits per heavy atom. The molecule has 3 aromatic rings. The monoisotopic (exact) mass is 500 g/mol. The molecule has 190 valence electrons. The first-order chi connectivity index (χ1) is 16.9. The molecule has 2 atom stereocenters.